The highest BCUT2D eigenvalue weighted by molar-refractivity contribution is 6.33. The molecule has 0 saturated heterocycles. The van der Waals surface area contributed by atoms with Gasteiger partial charge in [0.1, 0.15) is 0 Å². The molecule has 0 atom stereocenters. The van der Waals surface area contributed by atoms with Gasteiger partial charge in [-0.25, -0.2) is 15.0 Å². The molecule has 0 aliphatic heterocycles. The lowest BCUT2D eigenvalue weighted by Gasteiger charge is -2.10. The van der Waals surface area contributed by atoms with E-state index in [-0.39, 0.29) is 0 Å². The molecule has 5 aromatic rings. The summed E-state index contributed by atoms with van der Waals surface area (Å²) in [5, 5.41) is 9.83. The number of hydrogen-bond acceptors (Lipinski definition) is 4. The van der Waals surface area contributed by atoms with Gasteiger partial charge in [0, 0.05) is 16.7 Å². The molecule has 0 spiro atoms. The third kappa shape index (κ3) is 4.36. The molecule has 1 heterocycles. The first-order valence-corrected chi connectivity index (χ1v) is 10.8. The third-order valence-corrected chi connectivity index (χ3v) is 5.56. The van der Waals surface area contributed by atoms with Crippen molar-refractivity contribution in [1.29, 1.82) is 5.26 Å². The van der Waals surface area contributed by atoms with Gasteiger partial charge < -0.3 is 0 Å². The van der Waals surface area contributed by atoms with Gasteiger partial charge >= 0.3 is 0 Å². The zero-order chi connectivity index (χ0) is 22.6. The van der Waals surface area contributed by atoms with Gasteiger partial charge in [-0.1, -0.05) is 84.4 Å². The second kappa shape index (κ2) is 9.04. The fraction of sp³-hybridized carbons (Fsp3) is 0. The quantitative estimate of drug-likeness (QED) is 0.297. The van der Waals surface area contributed by atoms with Gasteiger partial charge in [0.25, 0.3) is 0 Å². The van der Waals surface area contributed by atoms with Crippen LogP contribution < -0.4 is 0 Å². The molecule has 0 unspecified atom stereocenters. The summed E-state index contributed by atoms with van der Waals surface area (Å²) in [5.74, 6) is 1.64. The van der Waals surface area contributed by atoms with E-state index < -0.39 is 0 Å². The van der Waals surface area contributed by atoms with E-state index in [0.29, 0.717) is 28.1 Å². The van der Waals surface area contributed by atoms with Crippen LogP contribution in [0.4, 0.5) is 0 Å². The first-order valence-electron chi connectivity index (χ1n) is 10.4. The third-order valence-electron chi connectivity index (χ3n) is 5.23. The number of halogens is 1. The van der Waals surface area contributed by atoms with Gasteiger partial charge in [-0.3, -0.25) is 0 Å². The standard InChI is InChI=1S/C28H17ClN4/c29-25-15-5-4-14-24(25)28-32-26(20-9-2-1-3-10-20)31-27(33-28)23-13-7-12-22(17-23)21-11-6-8-19(16-21)18-30/h1-17H. The fourth-order valence-corrected chi connectivity index (χ4v) is 3.81. The van der Waals surface area contributed by atoms with Crippen LogP contribution in [0.3, 0.4) is 0 Å². The first kappa shape index (κ1) is 20.6. The minimum atomic E-state index is 0.515. The Hall–Kier alpha value is -4.33. The topological polar surface area (TPSA) is 62.5 Å². The molecule has 0 aliphatic carbocycles. The van der Waals surface area contributed by atoms with E-state index in [2.05, 4.69) is 6.07 Å². The minimum absolute atomic E-state index is 0.515. The van der Waals surface area contributed by atoms with Crippen molar-refractivity contribution in [2.24, 2.45) is 0 Å². The molecule has 0 saturated carbocycles. The highest BCUT2D eigenvalue weighted by atomic mass is 35.5. The summed E-state index contributed by atoms with van der Waals surface area (Å²) in [6, 6.07) is 35.0. The normalized spacial score (nSPS) is 10.5. The van der Waals surface area contributed by atoms with E-state index in [1.165, 1.54) is 0 Å². The molecule has 0 aliphatic rings. The molecule has 1 aromatic heterocycles. The maximum atomic E-state index is 9.25. The molecule has 4 aromatic carbocycles. The largest absolute Gasteiger partial charge is 0.208 e. The molecule has 0 amide bonds. The maximum Gasteiger partial charge on any atom is 0.165 e. The van der Waals surface area contributed by atoms with Crippen LogP contribution in [0.5, 0.6) is 0 Å². The fourth-order valence-electron chi connectivity index (χ4n) is 3.59. The maximum absolute atomic E-state index is 9.25. The molecular formula is C28H17ClN4. The Labute approximate surface area is 196 Å². The van der Waals surface area contributed by atoms with Gasteiger partial charge in [-0.15, -0.1) is 0 Å². The molecule has 0 fully saturated rings. The average molecular weight is 445 g/mol. The Morgan fingerprint density at radius 2 is 1.12 bits per heavy atom. The van der Waals surface area contributed by atoms with E-state index in [1.54, 1.807) is 6.07 Å². The van der Waals surface area contributed by atoms with Gasteiger partial charge in [0.05, 0.1) is 16.7 Å². The Bertz CT molecular complexity index is 1490. The summed E-state index contributed by atoms with van der Waals surface area (Å²) >= 11 is 6.46. The first-order chi connectivity index (χ1) is 16.2. The molecule has 33 heavy (non-hydrogen) atoms. The van der Waals surface area contributed by atoms with Crippen molar-refractivity contribution in [3.05, 3.63) is 114 Å². The van der Waals surface area contributed by atoms with Crippen molar-refractivity contribution in [2.45, 2.75) is 0 Å². The van der Waals surface area contributed by atoms with Crippen molar-refractivity contribution in [2.75, 3.05) is 0 Å². The summed E-state index contributed by atoms with van der Waals surface area (Å²) in [7, 11) is 0. The summed E-state index contributed by atoms with van der Waals surface area (Å²) < 4.78 is 0. The zero-order valence-corrected chi connectivity index (χ0v) is 18.2. The van der Waals surface area contributed by atoms with E-state index in [1.807, 2.05) is 97.1 Å². The number of nitriles is 1. The smallest absolute Gasteiger partial charge is 0.165 e. The SMILES string of the molecule is N#Cc1cccc(-c2cccc(-c3nc(-c4ccccc4)nc(-c4ccccc4Cl)n3)c2)c1. The summed E-state index contributed by atoms with van der Waals surface area (Å²) in [5.41, 5.74) is 5.04. The lowest BCUT2D eigenvalue weighted by atomic mass is 10.0. The Balaban J connectivity index is 1.67. The lowest BCUT2D eigenvalue weighted by molar-refractivity contribution is 1.07. The van der Waals surface area contributed by atoms with Gasteiger partial charge in [-0.2, -0.15) is 5.26 Å². The van der Waals surface area contributed by atoms with Crippen LogP contribution in [0, 0.1) is 11.3 Å². The zero-order valence-electron chi connectivity index (χ0n) is 17.5. The van der Waals surface area contributed by atoms with Crippen molar-refractivity contribution in [1.82, 2.24) is 15.0 Å². The minimum Gasteiger partial charge on any atom is -0.208 e. The second-order valence-electron chi connectivity index (χ2n) is 7.43. The molecule has 5 rings (SSSR count). The highest BCUT2D eigenvalue weighted by Gasteiger charge is 2.14. The molecule has 4 nitrogen and oxygen atoms in total. The summed E-state index contributed by atoms with van der Waals surface area (Å²) in [6.07, 6.45) is 0. The van der Waals surface area contributed by atoms with E-state index in [9.17, 15) is 5.26 Å². The van der Waals surface area contributed by atoms with Crippen molar-refractivity contribution >= 4 is 11.6 Å². The van der Waals surface area contributed by atoms with Crippen LogP contribution in [0.1, 0.15) is 5.56 Å². The van der Waals surface area contributed by atoms with Crippen LogP contribution in [-0.2, 0) is 0 Å². The molecular weight excluding hydrogens is 428 g/mol. The van der Waals surface area contributed by atoms with E-state index in [4.69, 9.17) is 26.6 Å². The van der Waals surface area contributed by atoms with Crippen LogP contribution in [0.15, 0.2) is 103 Å². The van der Waals surface area contributed by atoms with E-state index >= 15 is 0 Å². The van der Waals surface area contributed by atoms with Crippen LogP contribution in [-0.4, -0.2) is 15.0 Å². The second-order valence-corrected chi connectivity index (χ2v) is 7.83. The molecule has 5 heteroatoms. The average Bonchev–Trinajstić information content (AvgIpc) is 2.89. The summed E-state index contributed by atoms with van der Waals surface area (Å²) in [4.78, 5) is 14.3. The molecule has 0 bridgehead atoms. The van der Waals surface area contributed by atoms with Crippen molar-refractivity contribution in [3.8, 4) is 51.4 Å². The predicted molar refractivity (Wildman–Crippen MR) is 131 cm³/mol. The van der Waals surface area contributed by atoms with Crippen LogP contribution in [0.25, 0.3) is 45.3 Å². The van der Waals surface area contributed by atoms with E-state index in [0.717, 1.165) is 27.8 Å². The van der Waals surface area contributed by atoms with Crippen LogP contribution in [0.2, 0.25) is 5.02 Å². The number of hydrogen-bond donors (Lipinski definition) is 0. The molecule has 0 N–H and O–H groups in total. The number of rotatable bonds is 4. The predicted octanol–water partition coefficient (Wildman–Crippen LogP) is 7.06. The van der Waals surface area contributed by atoms with Crippen molar-refractivity contribution in [3.63, 3.8) is 0 Å². The summed E-state index contributed by atoms with van der Waals surface area (Å²) in [6.45, 7) is 0. The highest BCUT2D eigenvalue weighted by Crippen LogP contribution is 2.30. The number of benzene rings is 4. The monoisotopic (exact) mass is 444 g/mol. The Morgan fingerprint density at radius 3 is 1.88 bits per heavy atom. The number of nitrogens with zero attached hydrogens (tertiary/aromatic N) is 4. The number of aromatic nitrogens is 3. The van der Waals surface area contributed by atoms with Gasteiger partial charge in [0.2, 0.25) is 0 Å². The molecule has 156 valence electrons. The lowest BCUT2D eigenvalue weighted by Crippen LogP contribution is -2.00. The van der Waals surface area contributed by atoms with Crippen LogP contribution >= 0.6 is 11.6 Å². The van der Waals surface area contributed by atoms with Gasteiger partial charge in [0.15, 0.2) is 17.5 Å². The molecule has 0 radical (unpaired) electrons. The Morgan fingerprint density at radius 1 is 0.545 bits per heavy atom. The Kier molecular flexibility index (Phi) is 5.63. The van der Waals surface area contributed by atoms with Gasteiger partial charge in [-0.05, 0) is 41.5 Å². The van der Waals surface area contributed by atoms with Crippen molar-refractivity contribution < 1.29 is 0 Å².